The van der Waals surface area contributed by atoms with Crippen molar-refractivity contribution >= 4 is 5.78 Å². The number of hydrogen-bond donors (Lipinski definition) is 1. The highest BCUT2D eigenvalue weighted by Gasteiger charge is 2.17. The van der Waals surface area contributed by atoms with Crippen molar-refractivity contribution in [2.75, 3.05) is 13.1 Å². The number of carbonyl (C=O) groups is 1. The Morgan fingerprint density at radius 3 is 2.78 bits per heavy atom. The van der Waals surface area contributed by atoms with Crippen LogP contribution in [0.15, 0.2) is 18.3 Å². The number of nitrogens with zero attached hydrogens (tertiary/aromatic N) is 1. The van der Waals surface area contributed by atoms with E-state index in [-0.39, 0.29) is 0 Å². The molecule has 0 bridgehead atoms. The van der Waals surface area contributed by atoms with Crippen LogP contribution in [0, 0.1) is 5.92 Å². The Labute approximate surface area is 109 Å². The second-order valence-electron chi connectivity index (χ2n) is 5.12. The van der Waals surface area contributed by atoms with E-state index in [1.54, 1.807) is 0 Å². The molecule has 1 saturated heterocycles. The molecule has 1 N–H and O–H groups in total. The molecule has 2 rings (SSSR count). The van der Waals surface area contributed by atoms with Crippen molar-refractivity contribution < 1.29 is 4.79 Å². The first-order valence-electron chi connectivity index (χ1n) is 6.94. The first-order chi connectivity index (χ1) is 8.78. The third kappa shape index (κ3) is 3.91. The highest BCUT2D eigenvalue weighted by Crippen LogP contribution is 2.17. The molecule has 0 unspecified atom stereocenters. The highest BCUT2D eigenvalue weighted by atomic mass is 16.1. The molecular formula is C15H22N2O. The topological polar surface area (TPSA) is 42.0 Å². The normalized spacial score (nSPS) is 16.7. The quantitative estimate of drug-likeness (QED) is 0.865. The van der Waals surface area contributed by atoms with E-state index in [4.69, 9.17) is 0 Å². The van der Waals surface area contributed by atoms with Gasteiger partial charge in [-0.15, -0.1) is 0 Å². The number of Topliss-reactive ketones (excluding diaryl/α,β-unsaturated/α-hetero) is 1. The van der Waals surface area contributed by atoms with Crippen LogP contribution >= 0.6 is 0 Å². The van der Waals surface area contributed by atoms with Crippen LogP contribution in [0.25, 0.3) is 0 Å². The maximum atomic E-state index is 12.0. The Balaban J connectivity index is 1.82. The van der Waals surface area contributed by atoms with Crippen LogP contribution in [-0.4, -0.2) is 23.9 Å². The van der Waals surface area contributed by atoms with E-state index in [0.29, 0.717) is 18.1 Å². The molecule has 2 heterocycles. The Morgan fingerprint density at radius 2 is 2.17 bits per heavy atom. The van der Waals surface area contributed by atoms with Gasteiger partial charge in [-0.25, -0.2) is 0 Å². The molecule has 0 aromatic carbocycles. The van der Waals surface area contributed by atoms with Gasteiger partial charge in [-0.2, -0.15) is 0 Å². The Kier molecular flexibility index (Phi) is 4.88. The van der Waals surface area contributed by atoms with Gasteiger partial charge >= 0.3 is 0 Å². The van der Waals surface area contributed by atoms with Crippen molar-refractivity contribution in [2.45, 2.75) is 39.0 Å². The molecule has 0 saturated carbocycles. The third-order valence-corrected chi connectivity index (χ3v) is 3.65. The molecule has 1 aromatic rings. The summed E-state index contributed by atoms with van der Waals surface area (Å²) in [6.07, 6.45) is 6.36. The second kappa shape index (κ2) is 6.64. The molecule has 18 heavy (non-hydrogen) atoms. The number of aromatic nitrogens is 1. The number of ketones is 1. The van der Waals surface area contributed by atoms with Gasteiger partial charge in [0, 0.05) is 24.7 Å². The molecule has 1 aromatic heterocycles. The third-order valence-electron chi connectivity index (χ3n) is 3.65. The van der Waals surface area contributed by atoms with E-state index in [9.17, 15) is 4.79 Å². The molecule has 98 valence electrons. The van der Waals surface area contributed by atoms with Gasteiger partial charge in [-0.1, -0.05) is 13.0 Å². The summed E-state index contributed by atoms with van der Waals surface area (Å²) in [5.41, 5.74) is 2.13. The van der Waals surface area contributed by atoms with Crippen molar-refractivity contribution in [3.05, 3.63) is 29.6 Å². The number of piperidine rings is 1. The predicted molar refractivity (Wildman–Crippen MR) is 72.5 cm³/mol. The monoisotopic (exact) mass is 246 g/mol. The van der Waals surface area contributed by atoms with Gasteiger partial charge in [0.2, 0.25) is 0 Å². The SMILES string of the molecule is CCc1ccc(CC(=O)CC2CCNCC2)nc1. The molecule has 0 amide bonds. The Morgan fingerprint density at radius 1 is 1.39 bits per heavy atom. The van der Waals surface area contributed by atoms with E-state index < -0.39 is 0 Å². The standard InChI is InChI=1S/C15H22N2O/c1-2-12-3-4-14(17-11-12)10-15(18)9-13-5-7-16-8-6-13/h3-4,11,13,16H,2,5-10H2,1H3. The summed E-state index contributed by atoms with van der Waals surface area (Å²) in [5.74, 6) is 0.910. The zero-order chi connectivity index (χ0) is 12.8. The zero-order valence-corrected chi connectivity index (χ0v) is 11.1. The molecule has 0 spiro atoms. The van der Waals surface area contributed by atoms with Gasteiger partial charge in [-0.05, 0) is 49.9 Å². The van der Waals surface area contributed by atoms with Crippen LogP contribution in [0.3, 0.4) is 0 Å². The summed E-state index contributed by atoms with van der Waals surface area (Å²) >= 11 is 0. The van der Waals surface area contributed by atoms with Crippen LogP contribution in [-0.2, 0) is 17.6 Å². The molecule has 0 atom stereocenters. The average molecular weight is 246 g/mol. The average Bonchev–Trinajstić information content (AvgIpc) is 2.40. The lowest BCUT2D eigenvalue weighted by Gasteiger charge is -2.21. The lowest BCUT2D eigenvalue weighted by atomic mass is 9.91. The number of carbonyl (C=O) groups excluding carboxylic acids is 1. The van der Waals surface area contributed by atoms with Gasteiger partial charge in [0.25, 0.3) is 0 Å². The van der Waals surface area contributed by atoms with Gasteiger partial charge in [0.05, 0.1) is 0 Å². The Hall–Kier alpha value is -1.22. The molecule has 0 radical (unpaired) electrons. The summed E-state index contributed by atoms with van der Waals surface area (Å²) in [6.45, 7) is 4.22. The van der Waals surface area contributed by atoms with E-state index in [2.05, 4.69) is 23.3 Å². The summed E-state index contributed by atoms with van der Waals surface area (Å²) < 4.78 is 0. The lowest BCUT2D eigenvalue weighted by molar-refractivity contribution is -0.119. The predicted octanol–water partition coefficient (Wildman–Crippen LogP) is 2.15. The van der Waals surface area contributed by atoms with Crippen LogP contribution in [0.5, 0.6) is 0 Å². The Bertz CT molecular complexity index is 380. The van der Waals surface area contributed by atoms with E-state index >= 15 is 0 Å². The lowest BCUT2D eigenvalue weighted by Crippen LogP contribution is -2.29. The molecule has 1 aliphatic heterocycles. The first kappa shape index (κ1) is 13.2. The summed E-state index contributed by atoms with van der Waals surface area (Å²) in [4.78, 5) is 16.3. The molecule has 3 heteroatoms. The van der Waals surface area contributed by atoms with Crippen LogP contribution in [0.1, 0.15) is 37.4 Å². The molecule has 1 aliphatic rings. The van der Waals surface area contributed by atoms with Crippen molar-refractivity contribution in [3.8, 4) is 0 Å². The van der Waals surface area contributed by atoms with E-state index in [0.717, 1.165) is 44.5 Å². The summed E-state index contributed by atoms with van der Waals surface area (Å²) in [6, 6.07) is 4.05. The zero-order valence-electron chi connectivity index (χ0n) is 11.1. The van der Waals surface area contributed by atoms with Gasteiger partial charge in [0.15, 0.2) is 0 Å². The van der Waals surface area contributed by atoms with Crippen LogP contribution < -0.4 is 5.32 Å². The fourth-order valence-electron chi connectivity index (χ4n) is 2.45. The second-order valence-corrected chi connectivity index (χ2v) is 5.12. The molecular weight excluding hydrogens is 224 g/mol. The highest BCUT2D eigenvalue weighted by molar-refractivity contribution is 5.80. The minimum Gasteiger partial charge on any atom is -0.317 e. The molecule has 1 fully saturated rings. The van der Waals surface area contributed by atoms with Gasteiger partial charge in [0.1, 0.15) is 5.78 Å². The van der Waals surface area contributed by atoms with Crippen molar-refractivity contribution in [3.63, 3.8) is 0 Å². The molecule has 3 nitrogen and oxygen atoms in total. The van der Waals surface area contributed by atoms with Crippen LogP contribution in [0.2, 0.25) is 0 Å². The van der Waals surface area contributed by atoms with Crippen LogP contribution in [0.4, 0.5) is 0 Å². The maximum absolute atomic E-state index is 12.0. The molecule has 0 aliphatic carbocycles. The fourth-order valence-corrected chi connectivity index (χ4v) is 2.45. The number of aryl methyl sites for hydroxylation is 1. The minimum atomic E-state index is 0.332. The fraction of sp³-hybridized carbons (Fsp3) is 0.600. The number of pyridine rings is 1. The van der Waals surface area contributed by atoms with Crippen molar-refractivity contribution in [2.24, 2.45) is 5.92 Å². The van der Waals surface area contributed by atoms with E-state index in [1.807, 2.05) is 12.3 Å². The maximum Gasteiger partial charge on any atom is 0.139 e. The van der Waals surface area contributed by atoms with Crippen molar-refractivity contribution in [1.82, 2.24) is 10.3 Å². The number of rotatable bonds is 5. The number of hydrogen-bond acceptors (Lipinski definition) is 3. The summed E-state index contributed by atoms with van der Waals surface area (Å²) in [7, 11) is 0. The largest absolute Gasteiger partial charge is 0.317 e. The summed E-state index contributed by atoms with van der Waals surface area (Å²) in [5, 5.41) is 3.33. The smallest absolute Gasteiger partial charge is 0.139 e. The first-order valence-corrected chi connectivity index (χ1v) is 6.94. The minimum absolute atomic E-state index is 0.332. The van der Waals surface area contributed by atoms with Gasteiger partial charge in [-0.3, -0.25) is 9.78 Å². The van der Waals surface area contributed by atoms with E-state index in [1.165, 1.54) is 5.56 Å². The number of nitrogens with one attached hydrogen (secondary N) is 1. The van der Waals surface area contributed by atoms with Gasteiger partial charge < -0.3 is 5.32 Å². The van der Waals surface area contributed by atoms with Crippen molar-refractivity contribution in [1.29, 1.82) is 0 Å².